The first-order chi connectivity index (χ1) is 14.2. The molecule has 2 aromatic heterocycles. The summed E-state index contributed by atoms with van der Waals surface area (Å²) in [5.41, 5.74) is 3.23. The molecule has 4 rings (SSSR count). The van der Waals surface area contributed by atoms with Crippen molar-refractivity contribution in [1.82, 2.24) is 20.2 Å². The molecule has 0 amide bonds. The molecule has 0 atom stereocenters. The van der Waals surface area contributed by atoms with Crippen molar-refractivity contribution in [3.05, 3.63) is 59.4 Å². The minimum Gasteiger partial charge on any atom is -0.329 e. The molecule has 30 heavy (non-hydrogen) atoms. The fourth-order valence-corrected chi connectivity index (χ4v) is 4.08. The van der Waals surface area contributed by atoms with Crippen LogP contribution in [0.15, 0.2) is 53.6 Å². The summed E-state index contributed by atoms with van der Waals surface area (Å²) in [4.78, 5) is 10.4. The predicted octanol–water partition coefficient (Wildman–Crippen LogP) is 3.47. The van der Waals surface area contributed by atoms with Crippen molar-refractivity contribution in [2.45, 2.75) is 11.8 Å². The number of nitrogens with one attached hydrogen (secondary N) is 2. The minimum atomic E-state index is -3.95. The Balaban J connectivity index is 1.62. The Morgan fingerprint density at radius 1 is 1.17 bits per heavy atom. The van der Waals surface area contributed by atoms with Crippen LogP contribution in [0.4, 0.5) is 23.1 Å². The second-order valence-corrected chi connectivity index (χ2v) is 8.59. The number of aromatic nitrogens is 4. The van der Waals surface area contributed by atoms with Gasteiger partial charge in [-0.2, -0.15) is 10.1 Å². The molecule has 0 aliphatic heterocycles. The first kappa shape index (κ1) is 20.1. The van der Waals surface area contributed by atoms with Crippen LogP contribution in [0.3, 0.4) is 0 Å². The Kier molecular flexibility index (Phi) is 5.06. The van der Waals surface area contributed by atoms with E-state index in [2.05, 4.69) is 25.5 Å². The lowest BCUT2D eigenvalue weighted by Gasteiger charge is -2.19. The van der Waals surface area contributed by atoms with Crippen LogP contribution < -0.4 is 15.4 Å². The number of aryl methyl sites for hydroxylation is 1. The molecular weight excluding hydrogens is 426 g/mol. The summed E-state index contributed by atoms with van der Waals surface area (Å²) in [6.45, 7) is 1.95. The van der Waals surface area contributed by atoms with E-state index in [1.807, 2.05) is 37.1 Å². The van der Waals surface area contributed by atoms with Crippen molar-refractivity contribution in [1.29, 1.82) is 0 Å². The van der Waals surface area contributed by atoms with E-state index in [0.29, 0.717) is 17.5 Å². The van der Waals surface area contributed by atoms with Gasteiger partial charge in [-0.05, 0) is 49.4 Å². The van der Waals surface area contributed by atoms with E-state index in [0.717, 1.165) is 22.3 Å². The average Bonchev–Trinajstić information content (AvgIpc) is 3.08. The number of nitrogens with two attached hydrogens (primary N) is 1. The fourth-order valence-electron chi connectivity index (χ4n) is 3.01. The Labute approximate surface area is 178 Å². The summed E-state index contributed by atoms with van der Waals surface area (Å²) in [6, 6.07) is 12.1. The van der Waals surface area contributed by atoms with Gasteiger partial charge >= 0.3 is 0 Å². The van der Waals surface area contributed by atoms with Gasteiger partial charge in [-0.15, -0.1) is 0 Å². The van der Waals surface area contributed by atoms with Crippen molar-refractivity contribution < 1.29 is 8.42 Å². The molecule has 0 saturated carbocycles. The Morgan fingerprint density at radius 3 is 2.73 bits per heavy atom. The second kappa shape index (κ2) is 7.56. The summed E-state index contributed by atoms with van der Waals surface area (Å²) in [5, 5.41) is 16.5. The number of halogens is 1. The molecule has 4 aromatic rings. The Morgan fingerprint density at radius 2 is 1.97 bits per heavy atom. The molecule has 0 fully saturated rings. The summed E-state index contributed by atoms with van der Waals surface area (Å²) < 4.78 is 23.3. The zero-order valence-electron chi connectivity index (χ0n) is 16.1. The van der Waals surface area contributed by atoms with E-state index >= 15 is 0 Å². The third-order valence-corrected chi connectivity index (χ3v) is 6.00. The molecule has 2 aromatic carbocycles. The number of rotatable bonds is 5. The highest BCUT2D eigenvalue weighted by Gasteiger charge is 2.15. The number of benzene rings is 2. The molecule has 154 valence electrons. The third-order valence-electron chi connectivity index (χ3n) is 4.60. The van der Waals surface area contributed by atoms with E-state index in [-0.39, 0.29) is 9.92 Å². The van der Waals surface area contributed by atoms with E-state index in [1.165, 1.54) is 12.1 Å². The van der Waals surface area contributed by atoms with E-state index in [9.17, 15) is 8.42 Å². The zero-order chi connectivity index (χ0) is 21.5. The van der Waals surface area contributed by atoms with Crippen molar-refractivity contribution in [2.24, 2.45) is 5.14 Å². The molecular formula is C19H18ClN7O2S. The first-order valence-corrected chi connectivity index (χ1v) is 10.8. The van der Waals surface area contributed by atoms with Gasteiger partial charge in [0.2, 0.25) is 16.0 Å². The van der Waals surface area contributed by atoms with Crippen molar-refractivity contribution >= 4 is 55.7 Å². The van der Waals surface area contributed by atoms with Gasteiger partial charge < -0.3 is 10.2 Å². The summed E-state index contributed by atoms with van der Waals surface area (Å²) in [5.74, 6) is 0.934. The lowest BCUT2D eigenvalue weighted by atomic mass is 10.2. The highest BCUT2D eigenvalue weighted by atomic mass is 35.5. The van der Waals surface area contributed by atoms with E-state index in [1.54, 1.807) is 18.3 Å². The van der Waals surface area contributed by atoms with Crippen LogP contribution in [-0.2, 0) is 10.0 Å². The average molecular weight is 444 g/mol. The van der Waals surface area contributed by atoms with Gasteiger partial charge in [0.15, 0.2) is 0 Å². The summed E-state index contributed by atoms with van der Waals surface area (Å²) in [7, 11) is -2.06. The quantitative estimate of drug-likeness (QED) is 0.430. The molecule has 0 spiro atoms. The van der Waals surface area contributed by atoms with Crippen LogP contribution >= 0.6 is 11.6 Å². The number of hydrogen-bond donors (Lipinski definition) is 3. The number of H-pyrrole nitrogens is 1. The highest BCUT2D eigenvalue weighted by Crippen LogP contribution is 2.28. The number of fused-ring (bicyclic) bond motifs is 1. The number of nitrogens with zero attached hydrogens (tertiary/aromatic N) is 4. The second-order valence-electron chi connectivity index (χ2n) is 6.65. The number of aromatic amines is 1. The number of sulfonamides is 1. The molecule has 0 aliphatic rings. The first-order valence-electron chi connectivity index (χ1n) is 8.83. The molecule has 0 bridgehead atoms. The Bertz CT molecular complexity index is 1350. The van der Waals surface area contributed by atoms with Crippen molar-refractivity contribution in [2.75, 3.05) is 17.3 Å². The van der Waals surface area contributed by atoms with Crippen molar-refractivity contribution in [3.8, 4) is 0 Å². The topological polar surface area (TPSA) is 130 Å². The van der Waals surface area contributed by atoms with Gasteiger partial charge in [0.25, 0.3) is 0 Å². The SMILES string of the molecule is Cc1n[nH]c2cc(N(C)c3ccnc(Nc4ccc(Cl)c(S(N)(=O)=O)c4)n3)ccc12. The molecule has 2 heterocycles. The number of hydrogen-bond acceptors (Lipinski definition) is 7. The summed E-state index contributed by atoms with van der Waals surface area (Å²) in [6.07, 6.45) is 1.61. The van der Waals surface area contributed by atoms with Gasteiger partial charge in [-0.1, -0.05) is 11.6 Å². The minimum absolute atomic E-state index is 0.0434. The summed E-state index contributed by atoms with van der Waals surface area (Å²) >= 11 is 5.93. The highest BCUT2D eigenvalue weighted by molar-refractivity contribution is 7.89. The number of primary sulfonamides is 1. The fraction of sp³-hybridized carbons (Fsp3) is 0.105. The van der Waals surface area contributed by atoms with Gasteiger partial charge in [0.1, 0.15) is 10.7 Å². The van der Waals surface area contributed by atoms with E-state index < -0.39 is 10.0 Å². The molecule has 0 aliphatic carbocycles. The normalized spacial score (nSPS) is 11.6. The predicted molar refractivity (Wildman–Crippen MR) is 117 cm³/mol. The number of anilines is 4. The van der Waals surface area contributed by atoms with Crippen LogP contribution in [0.1, 0.15) is 5.69 Å². The van der Waals surface area contributed by atoms with Gasteiger partial charge in [-0.25, -0.2) is 18.5 Å². The maximum absolute atomic E-state index is 11.7. The molecule has 9 nitrogen and oxygen atoms in total. The van der Waals surface area contributed by atoms with Crippen LogP contribution in [0.2, 0.25) is 5.02 Å². The van der Waals surface area contributed by atoms with Crippen LogP contribution in [0.25, 0.3) is 10.9 Å². The lowest BCUT2D eigenvalue weighted by molar-refractivity contribution is 0.598. The van der Waals surface area contributed by atoms with Crippen molar-refractivity contribution in [3.63, 3.8) is 0 Å². The van der Waals surface area contributed by atoms with Gasteiger partial charge in [-0.3, -0.25) is 5.10 Å². The zero-order valence-corrected chi connectivity index (χ0v) is 17.7. The standard InChI is InChI=1S/C19H18ClN7O2S/c1-11-14-5-4-13(10-16(14)26-25-11)27(2)18-7-8-22-19(24-18)23-12-3-6-15(20)17(9-12)30(21,28)29/h3-10H,1-2H3,(H,25,26)(H2,21,28,29)(H,22,23,24). The maximum atomic E-state index is 11.7. The van der Waals surface area contributed by atoms with E-state index in [4.69, 9.17) is 16.7 Å². The molecule has 0 saturated heterocycles. The maximum Gasteiger partial charge on any atom is 0.239 e. The van der Waals surface area contributed by atoms with Crippen LogP contribution in [-0.4, -0.2) is 35.6 Å². The molecule has 0 radical (unpaired) electrons. The molecule has 0 unspecified atom stereocenters. The van der Waals surface area contributed by atoms with Crippen LogP contribution in [0.5, 0.6) is 0 Å². The lowest BCUT2D eigenvalue weighted by Crippen LogP contribution is -2.13. The Hall–Kier alpha value is -3.21. The monoisotopic (exact) mass is 443 g/mol. The molecule has 4 N–H and O–H groups in total. The van der Waals surface area contributed by atoms with Crippen LogP contribution in [0, 0.1) is 6.92 Å². The van der Waals surface area contributed by atoms with Gasteiger partial charge in [0.05, 0.1) is 16.2 Å². The smallest absolute Gasteiger partial charge is 0.239 e. The molecule has 11 heteroatoms. The van der Waals surface area contributed by atoms with Gasteiger partial charge in [0, 0.05) is 30.0 Å². The largest absolute Gasteiger partial charge is 0.329 e. The third kappa shape index (κ3) is 3.92.